The average molecular weight is 490 g/mol. The first kappa shape index (κ1) is 25.3. The number of nitrogens with zero attached hydrogens (tertiary/aromatic N) is 3. The van der Waals surface area contributed by atoms with Crippen molar-refractivity contribution in [2.75, 3.05) is 5.73 Å². The molecule has 3 aliphatic rings. The molecule has 32 heavy (non-hydrogen) atoms. The quantitative estimate of drug-likeness (QED) is 0.245. The molecule has 1 aromatic rings. The second-order valence-corrected chi connectivity index (χ2v) is 11.1. The summed E-state index contributed by atoms with van der Waals surface area (Å²) in [7, 11) is 0. The summed E-state index contributed by atoms with van der Waals surface area (Å²) in [5.41, 5.74) is 6.01. The van der Waals surface area contributed by atoms with Crippen molar-refractivity contribution < 1.29 is 53.9 Å². The Morgan fingerprint density at radius 3 is 2.66 bits per heavy atom. The van der Waals surface area contributed by atoms with E-state index in [-0.39, 0.29) is 53.7 Å². The number of carboxylic acid groups (broad SMARTS) is 1. The Labute approximate surface area is 216 Å². The van der Waals surface area contributed by atoms with Crippen molar-refractivity contribution in [1.82, 2.24) is 15.2 Å². The number of thioether (sulfide) groups is 1. The molecule has 4 rings (SSSR count). The zero-order valence-corrected chi connectivity index (χ0v) is 21.8. The van der Waals surface area contributed by atoms with Crippen LogP contribution >= 0.6 is 23.1 Å². The van der Waals surface area contributed by atoms with E-state index in [1.807, 2.05) is 0 Å². The molecule has 0 unspecified atom stereocenters. The van der Waals surface area contributed by atoms with Gasteiger partial charge in [0.25, 0.3) is 5.91 Å². The fourth-order valence-corrected chi connectivity index (χ4v) is 6.54. The number of amides is 2. The largest absolute Gasteiger partial charge is 1.00 e. The van der Waals surface area contributed by atoms with Crippen molar-refractivity contribution in [3.8, 4) is 0 Å². The number of nitrogens with one attached hydrogen (secondary N) is 1. The summed E-state index contributed by atoms with van der Waals surface area (Å²) in [5.74, 6) is -2.18. The molecule has 0 spiro atoms. The van der Waals surface area contributed by atoms with Gasteiger partial charge in [0.2, 0.25) is 5.91 Å². The Balaban J connectivity index is 0.00000289. The Bertz CT molecular complexity index is 933. The van der Waals surface area contributed by atoms with E-state index in [4.69, 9.17) is 10.6 Å². The number of fused-ring (bicyclic) bond motifs is 1. The van der Waals surface area contributed by atoms with Crippen LogP contribution < -0.4 is 45.7 Å². The van der Waals surface area contributed by atoms with E-state index in [9.17, 15) is 19.5 Å². The molecule has 2 aliphatic heterocycles. The molecule has 3 heterocycles. The minimum atomic E-state index is -1.30. The number of thiazole rings is 1. The zero-order chi connectivity index (χ0) is 22.3. The molecule has 10 nitrogen and oxygen atoms in total. The first-order valence-electron chi connectivity index (χ1n) is 10.1. The molecular weight excluding hydrogens is 465 g/mol. The van der Waals surface area contributed by atoms with Gasteiger partial charge in [-0.2, -0.15) is 0 Å². The van der Waals surface area contributed by atoms with Gasteiger partial charge < -0.3 is 30.7 Å². The molecule has 3 fully saturated rings. The van der Waals surface area contributed by atoms with Crippen LogP contribution in [0.3, 0.4) is 0 Å². The standard InChI is InChI=1S/C19H25N5O5S2.Na/c1-19(2)14(17(27)28)24-12(25)7-10(16(24)31-19)21-15(26)13(11-8-30-18(20)22-11)23-29-9-5-3-4-6-9;/h8-10,14,16H,3-7H2,1-2H3,(H2,20,22)(H,21,26)(H,27,28);/q;+1/p-1/b23-13+;/t10-,14+,16-;/m1./s1. The second-order valence-electron chi connectivity index (χ2n) is 8.44. The number of carbonyl (C=O) groups is 3. The second kappa shape index (κ2) is 9.88. The van der Waals surface area contributed by atoms with E-state index in [0.29, 0.717) is 10.8 Å². The molecule has 2 saturated heterocycles. The Morgan fingerprint density at radius 1 is 1.38 bits per heavy atom. The summed E-state index contributed by atoms with van der Waals surface area (Å²) >= 11 is 2.52. The van der Waals surface area contributed by atoms with Gasteiger partial charge >= 0.3 is 29.6 Å². The topological polar surface area (TPSA) is 150 Å². The van der Waals surface area contributed by atoms with E-state index >= 15 is 0 Å². The Morgan fingerprint density at radius 2 is 2.06 bits per heavy atom. The molecule has 3 N–H and O–H groups in total. The summed E-state index contributed by atoms with van der Waals surface area (Å²) in [4.78, 5) is 48.4. The van der Waals surface area contributed by atoms with Gasteiger partial charge in [0.1, 0.15) is 11.8 Å². The van der Waals surface area contributed by atoms with E-state index in [2.05, 4.69) is 15.5 Å². The molecule has 1 aromatic heterocycles. The third-order valence-corrected chi connectivity index (χ3v) is 8.08. The number of oxime groups is 1. The number of rotatable bonds is 6. The van der Waals surface area contributed by atoms with Crippen molar-refractivity contribution in [2.45, 2.75) is 74.3 Å². The van der Waals surface area contributed by atoms with Crippen LogP contribution in [0.25, 0.3) is 0 Å². The maximum atomic E-state index is 13.1. The van der Waals surface area contributed by atoms with Crippen molar-refractivity contribution in [3.05, 3.63) is 11.1 Å². The number of nitrogen functional groups attached to an aromatic ring is 1. The van der Waals surface area contributed by atoms with Crippen LogP contribution in [0.1, 0.15) is 51.6 Å². The molecule has 168 valence electrons. The number of carbonyl (C=O) groups excluding carboxylic acids is 3. The molecule has 13 heteroatoms. The van der Waals surface area contributed by atoms with Gasteiger partial charge in [-0.3, -0.25) is 9.59 Å². The fraction of sp³-hybridized carbons (Fsp3) is 0.632. The minimum Gasteiger partial charge on any atom is -0.548 e. The third-order valence-electron chi connectivity index (χ3n) is 5.78. The van der Waals surface area contributed by atoms with Crippen LogP contribution in [0.4, 0.5) is 5.13 Å². The molecule has 1 aliphatic carbocycles. The summed E-state index contributed by atoms with van der Waals surface area (Å²) in [6.07, 6.45) is 3.82. The van der Waals surface area contributed by atoms with E-state index < -0.39 is 34.1 Å². The van der Waals surface area contributed by atoms with Crippen LogP contribution in [0.15, 0.2) is 10.5 Å². The summed E-state index contributed by atoms with van der Waals surface area (Å²) in [6, 6.07) is -1.64. The van der Waals surface area contributed by atoms with Crippen molar-refractivity contribution in [3.63, 3.8) is 0 Å². The van der Waals surface area contributed by atoms with Crippen LogP contribution in [0.5, 0.6) is 0 Å². The van der Waals surface area contributed by atoms with Crippen molar-refractivity contribution >= 4 is 51.7 Å². The fourth-order valence-electron chi connectivity index (χ4n) is 4.35. The van der Waals surface area contributed by atoms with Crippen LogP contribution in [-0.4, -0.2) is 61.7 Å². The molecule has 1 saturated carbocycles. The number of aromatic nitrogens is 1. The van der Waals surface area contributed by atoms with E-state index in [1.54, 1.807) is 19.2 Å². The average Bonchev–Trinajstić information content (AvgIpc) is 3.43. The third kappa shape index (κ3) is 4.93. The maximum Gasteiger partial charge on any atom is 1.00 e. The summed E-state index contributed by atoms with van der Waals surface area (Å²) < 4.78 is -0.742. The van der Waals surface area contributed by atoms with E-state index in [1.165, 1.54) is 28.0 Å². The first-order chi connectivity index (χ1) is 14.7. The van der Waals surface area contributed by atoms with Crippen LogP contribution in [-0.2, 0) is 19.2 Å². The zero-order valence-electron chi connectivity index (χ0n) is 18.2. The van der Waals surface area contributed by atoms with Crippen LogP contribution in [0, 0.1) is 0 Å². The van der Waals surface area contributed by atoms with Gasteiger partial charge in [-0.1, -0.05) is 5.16 Å². The molecule has 3 atom stereocenters. The molecule has 0 bridgehead atoms. The predicted molar refractivity (Wildman–Crippen MR) is 114 cm³/mol. The summed E-state index contributed by atoms with van der Waals surface area (Å²) in [5, 5.41) is 20.0. The number of nitrogens with two attached hydrogens (primary N) is 1. The Hall–Kier alpha value is -1.34. The number of anilines is 1. The number of aliphatic carboxylic acids is 1. The van der Waals surface area contributed by atoms with Gasteiger partial charge in [0, 0.05) is 16.5 Å². The maximum absolute atomic E-state index is 13.1. The molecule has 0 aromatic carbocycles. The minimum absolute atomic E-state index is 0. The number of hydrogen-bond donors (Lipinski definition) is 2. The number of hydrogen-bond acceptors (Lipinski definition) is 10. The SMILES string of the molecule is CC1(C)S[C@@H]2[C@H](NC(=O)/C(=N/OC3CCCC3)c3csc(N)n3)CC(=O)N2[C@H]1C(=O)[O-].[Na+]. The predicted octanol–water partition coefficient (Wildman–Crippen LogP) is -2.92. The van der Waals surface area contributed by atoms with Crippen molar-refractivity contribution in [1.29, 1.82) is 0 Å². The van der Waals surface area contributed by atoms with Crippen LogP contribution in [0.2, 0.25) is 0 Å². The van der Waals surface area contributed by atoms with Gasteiger partial charge in [-0.05, 0) is 39.5 Å². The smallest absolute Gasteiger partial charge is 0.548 e. The monoisotopic (exact) mass is 489 g/mol. The van der Waals surface area contributed by atoms with Crippen molar-refractivity contribution in [2.24, 2.45) is 5.16 Å². The molecule has 0 radical (unpaired) electrons. The molecular formula is C19H24N5NaO5S2. The van der Waals surface area contributed by atoms with Gasteiger partial charge in [0.05, 0.1) is 23.4 Å². The normalized spacial score (nSPS) is 27.2. The van der Waals surface area contributed by atoms with Gasteiger partial charge in [0.15, 0.2) is 10.8 Å². The Kier molecular flexibility index (Phi) is 7.81. The molecule has 2 amide bonds. The van der Waals surface area contributed by atoms with Gasteiger partial charge in [-0.15, -0.1) is 23.1 Å². The number of carboxylic acids is 1. The summed E-state index contributed by atoms with van der Waals surface area (Å²) in [6.45, 7) is 3.51. The first-order valence-corrected chi connectivity index (χ1v) is 11.9. The van der Waals surface area contributed by atoms with Gasteiger partial charge in [-0.25, -0.2) is 4.98 Å². The van der Waals surface area contributed by atoms with E-state index in [0.717, 1.165) is 25.7 Å².